The maximum Gasteiger partial charge on any atom is 0.258 e. The molecule has 1 heterocycles. The lowest BCUT2D eigenvalue weighted by atomic mass is 9.94. The molecule has 154 valence electrons. The molecule has 0 unspecified atom stereocenters. The smallest absolute Gasteiger partial charge is 0.258 e. The molecule has 4 rings (SSSR count). The summed E-state index contributed by atoms with van der Waals surface area (Å²) in [4.78, 5) is 26.2. The summed E-state index contributed by atoms with van der Waals surface area (Å²) in [5, 5.41) is 30.3. The first-order valence-electron chi connectivity index (χ1n) is 9.78. The van der Waals surface area contributed by atoms with E-state index in [1.165, 1.54) is 0 Å². The molecule has 0 atom stereocenters. The number of nitrogens with one attached hydrogen (secondary N) is 1. The van der Waals surface area contributed by atoms with Crippen LogP contribution in [0.25, 0.3) is 10.8 Å². The van der Waals surface area contributed by atoms with Gasteiger partial charge in [0.25, 0.3) is 11.8 Å². The SMILES string of the molecule is N#CCCN(CCO)c1ccc(N=Nc2ccc3c4c(cccc24)C(=O)NC3=O)cc1. The highest BCUT2D eigenvalue weighted by molar-refractivity contribution is 6.26. The molecule has 1 aliphatic rings. The monoisotopic (exact) mass is 413 g/mol. The van der Waals surface area contributed by atoms with Crippen molar-refractivity contribution < 1.29 is 14.7 Å². The van der Waals surface area contributed by atoms with E-state index in [4.69, 9.17) is 5.26 Å². The number of nitriles is 1. The molecule has 0 fully saturated rings. The lowest BCUT2D eigenvalue weighted by Crippen LogP contribution is -2.34. The average Bonchev–Trinajstić information content (AvgIpc) is 2.79. The maximum absolute atomic E-state index is 12.1. The van der Waals surface area contributed by atoms with Crippen LogP contribution in [-0.2, 0) is 0 Å². The van der Waals surface area contributed by atoms with Gasteiger partial charge in [0.1, 0.15) is 0 Å². The van der Waals surface area contributed by atoms with Crippen molar-refractivity contribution >= 4 is 39.6 Å². The Morgan fingerprint density at radius 2 is 1.68 bits per heavy atom. The van der Waals surface area contributed by atoms with E-state index in [0.29, 0.717) is 52.8 Å². The second-order valence-corrected chi connectivity index (χ2v) is 6.98. The lowest BCUT2D eigenvalue weighted by molar-refractivity contribution is 0.0845. The largest absolute Gasteiger partial charge is 0.395 e. The Morgan fingerprint density at radius 3 is 2.39 bits per heavy atom. The molecule has 8 nitrogen and oxygen atoms in total. The number of rotatable bonds is 7. The van der Waals surface area contributed by atoms with Crippen LogP contribution >= 0.6 is 0 Å². The fraction of sp³-hybridized carbons (Fsp3) is 0.174. The maximum atomic E-state index is 12.1. The second-order valence-electron chi connectivity index (χ2n) is 6.98. The van der Waals surface area contributed by atoms with Crippen molar-refractivity contribution in [1.82, 2.24) is 5.32 Å². The van der Waals surface area contributed by atoms with E-state index in [2.05, 4.69) is 21.6 Å². The number of hydrogen-bond acceptors (Lipinski definition) is 7. The van der Waals surface area contributed by atoms with Gasteiger partial charge in [-0.1, -0.05) is 12.1 Å². The van der Waals surface area contributed by atoms with Gasteiger partial charge in [-0.2, -0.15) is 10.4 Å². The number of nitrogens with zero attached hydrogens (tertiary/aromatic N) is 4. The van der Waals surface area contributed by atoms with Gasteiger partial charge < -0.3 is 10.0 Å². The molecule has 0 aromatic heterocycles. The Labute approximate surface area is 178 Å². The van der Waals surface area contributed by atoms with Crippen molar-refractivity contribution in [3.05, 3.63) is 65.7 Å². The van der Waals surface area contributed by atoms with Crippen LogP contribution in [0.5, 0.6) is 0 Å². The standard InChI is InChI=1S/C23H19N5O3/c24-11-2-12-28(13-14-29)16-7-5-15(6-8-16)26-27-20-10-9-19-21-17(20)3-1-4-18(21)22(30)25-23(19)31/h1,3-10,29H,2,12-14H2,(H,25,30,31). The van der Waals surface area contributed by atoms with Crippen LogP contribution in [-0.4, -0.2) is 36.6 Å². The topological polar surface area (TPSA) is 118 Å². The van der Waals surface area contributed by atoms with Gasteiger partial charge in [0.2, 0.25) is 0 Å². The number of anilines is 1. The minimum Gasteiger partial charge on any atom is -0.395 e. The number of carbonyl (C=O) groups excluding carboxylic acids is 2. The number of benzene rings is 3. The molecule has 8 heteroatoms. The van der Waals surface area contributed by atoms with Crippen molar-refractivity contribution in [2.75, 3.05) is 24.6 Å². The van der Waals surface area contributed by atoms with Crippen LogP contribution < -0.4 is 10.2 Å². The predicted molar refractivity (Wildman–Crippen MR) is 116 cm³/mol. The fourth-order valence-corrected chi connectivity index (χ4v) is 3.61. The van der Waals surface area contributed by atoms with E-state index in [0.717, 1.165) is 5.69 Å². The zero-order chi connectivity index (χ0) is 21.8. The number of imide groups is 1. The van der Waals surface area contributed by atoms with Gasteiger partial charge in [-0.15, -0.1) is 5.11 Å². The Kier molecular flexibility index (Phi) is 5.69. The van der Waals surface area contributed by atoms with Crippen molar-refractivity contribution in [2.24, 2.45) is 10.2 Å². The Hall–Kier alpha value is -4.09. The third-order valence-corrected chi connectivity index (χ3v) is 5.09. The van der Waals surface area contributed by atoms with E-state index < -0.39 is 11.8 Å². The zero-order valence-corrected chi connectivity index (χ0v) is 16.6. The molecular weight excluding hydrogens is 394 g/mol. The van der Waals surface area contributed by atoms with Gasteiger partial charge in [-0.05, 0) is 42.5 Å². The zero-order valence-electron chi connectivity index (χ0n) is 16.6. The van der Waals surface area contributed by atoms with Crippen LogP contribution in [0.4, 0.5) is 17.1 Å². The summed E-state index contributed by atoms with van der Waals surface area (Å²) < 4.78 is 0. The van der Waals surface area contributed by atoms with E-state index in [9.17, 15) is 14.7 Å². The summed E-state index contributed by atoms with van der Waals surface area (Å²) in [6, 6.07) is 18.0. The average molecular weight is 413 g/mol. The summed E-state index contributed by atoms with van der Waals surface area (Å²) >= 11 is 0. The summed E-state index contributed by atoms with van der Waals surface area (Å²) in [5.74, 6) is -0.840. The Balaban J connectivity index is 1.63. The number of amides is 2. The summed E-state index contributed by atoms with van der Waals surface area (Å²) in [6.07, 6.45) is 0.368. The third kappa shape index (κ3) is 3.99. The van der Waals surface area contributed by atoms with E-state index in [-0.39, 0.29) is 6.61 Å². The van der Waals surface area contributed by atoms with Gasteiger partial charge in [-0.3, -0.25) is 14.9 Å². The minimum atomic E-state index is -0.420. The van der Waals surface area contributed by atoms with Crippen LogP contribution in [0, 0.1) is 11.3 Å². The number of aliphatic hydroxyl groups excluding tert-OH is 1. The molecular formula is C23H19N5O3. The van der Waals surface area contributed by atoms with E-state index in [1.54, 1.807) is 36.4 Å². The van der Waals surface area contributed by atoms with Crippen LogP contribution in [0.1, 0.15) is 27.1 Å². The first-order chi connectivity index (χ1) is 15.1. The molecule has 0 radical (unpaired) electrons. The summed E-state index contributed by atoms with van der Waals surface area (Å²) in [6.45, 7) is 0.971. The minimum absolute atomic E-state index is 0.00152. The molecule has 1 aliphatic heterocycles. The molecule has 2 amide bonds. The van der Waals surface area contributed by atoms with Gasteiger partial charge in [0.15, 0.2) is 0 Å². The van der Waals surface area contributed by atoms with E-state index >= 15 is 0 Å². The fourth-order valence-electron chi connectivity index (χ4n) is 3.61. The van der Waals surface area contributed by atoms with Gasteiger partial charge in [0.05, 0.1) is 30.5 Å². The van der Waals surface area contributed by atoms with Gasteiger partial charge >= 0.3 is 0 Å². The van der Waals surface area contributed by atoms with E-state index in [1.807, 2.05) is 23.1 Å². The van der Waals surface area contributed by atoms with Crippen molar-refractivity contribution in [2.45, 2.75) is 6.42 Å². The van der Waals surface area contributed by atoms with Crippen LogP contribution in [0.3, 0.4) is 0 Å². The van der Waals surface area contributed by atoms with Crippen LogP contribution in [0.15, 0.2) is 64.8 Å². The van der Waals surface area contributed by atoms with Crippen molar-refractivity contribution in [3.63, 3.8) is 0 Å². The normalized spacial score (nSPS) is 12.8. The van der Waals surface area contributed by atoms with Gasteiger partial charge in [0, 0.05) is 40.7 Å². The predicted octanol–water partition coefficient (Wildman–Crippen LogP) is 3.85. The molecule has 31 heavy (non-hydrogen) atoms. The number of carbonyl (C=O) groups is 2. The first-order valence-corrected chi connectivity index (χ1v) is 9.78. The highest BCUT2D eigenvalue weighted by Gasteiger charge is 2.25. The summed E-state index contributed by atoms with van der Waals surface area (Å²) in [7, 11) is 0. The molecule has 2 N–H and O–H groups in total. The molecule has 0 bridgehead atoms. The first kappa shape index (κ1) is 20.2. The van der Waals surface area contributed by atoms with Gasteiger partial charge in [-0.25, -0.2) is 0 Å². The lowest BCUT2D eigenvalue weighted by Gasteiger charge is -2.22. The Bertz CT molecular complexity index is 1210. The molecule has 0 saturated heterocycles. The highest BCUT2D eigenvalue weighted by Crippen LogP contribution is 2.34. The molecule has 0 saturated carbocycles. The molecule has 0 spiro atoms. The third-order valence-electron chi connectivity index (χ3n) is 5.09. The molecule has 3 aromatic rings. The highest BCUT2D eigenvalue weighted by atomic mass is 16.3. The summed E-state index contributed by atoms with van der Waals surface area (Å²) in [5.41, 5.74) is 2.95. The Morgan fingerprint density at radius 1 is 0.935 bits per heavy atom. The second kappa shape index (κ2) is 8.73. The van der Waals surface area contributed by atoms with Crippen LogP contribution in [0.2, 0.25) is 0 Å². The molecule has 0 aliphatic carbocycles. The van der Waals surface area contributed by atoms with Crippen molar-refractivity contribution in [1.29, 1.82) is 5.26 Å². The van der Waals surface area contributed by atoms with Crippen molar-refractivity contribution in [3.8, 4) is 6.07 Å². The quantitative estimate of drug-likeness (QED) is 0.450. The molecule has 3 aromatic carbocycles. The number of azo groups is 1. The number of hydrogen-bond donors (Lipinski definition) is 2. The number of aliphatic hydroxyl groups is 1.